The van der Waals surface area contributed by atoms with Crippen LogP contribution >= 0.6 is 11.3 Å². The minimum Gasteiger partial charge on any atom is -0.345 e. The molecule has 2 atom stereocenters. The Kier molecular flexibility index (Phi) is 5.47. The first-order chi connectivity index (χ1) is 10.4. The standard InChI is InChI=1S/C16H20N2O2S2/c1-10-15(21-12(3)17-10)11(2)18-16(19)14-7-5-6-13(8-14)9-22(4)20/h5-8,11H,9H2,1-4H3,(H,18,19)/t11-,22+/m1/s1. The number of carbonyl (C=O) groups excluding carboxylic acids is 1. The van der Waals surface area contributed by atoms with Gasteiger partial charge in [-0.1, -0.05) is 12.1 Å². The summed E-state index contributed by atoms with van der Waals surface area (Å²) in [5, 5.41) is 4.00. The van der Waals surface area contributed by atoms with Crippen LogP contribution < -0.4 is 5.32 Å². The zero-order chi connectivity index (χ0) is 16.3. The van der Waals surface area contributed by atoms with Gasteiger partial charge in [0.05, 0.1) is 16.7 Å². The van der Waals surface area contributed by atoms with E-state index >= 15 is 0 Å². The Morgan fingerprint density at radius 3 is 2.73 bits per heavy atom. The molecule has 0 spiro atoms. The van der Waals surface area contributed by atoms with Gasteiger partial charge in [0.2, 0.25) is 0 Å². The van der Waals surface area contributed by atoms with Crippen LogP contribution in [0.3, 0.4) is 0 Å². The maximum absolute atomic E-state index is 12.4. The fraction of sp³-hybridized carbons (Fsp3) is 0.375. The van der Waals surface area contributed by atoms with Gasteiger partial charge in [-0.15, -0.1) is 11.3 Å². The highest BCUT2D eigenvalue weighted by Crippen LogP contribution is 2.24. The predicted molar refractivity (Wildman–Crippen MR) is 91.7 cm³/mol. The lowest BCUT2D eigenvalue weighted by molar-refractivity contribution is 0.0940. The van der Waals surface area contributed by atoms with Crippen LogP contribution in [0.1, 0.15) is 44.5 Å². The van der Waals surface area contributed by atoms with Gasteiger partial charge in [0, 0.05) is 33.2 Å². The number of aromatic nitrogens is 1. The van der Waals surface area contributed by atoms with Gasteiger partial charge in [-0.05, 0) is 38.5 Å². The highest BCUT2D eigenvalue weighted by Gasteiger charge is 2.16. The van der Waals surface area contributed by atoms with E-state index in [0.29, 0.717) is 11.3 Å². The molecule has 1 heterocycles. The molecule has 1 aromatic carbocycles. The molecule has 0 radical (unpaired) electrons. The van der Waals surface area contributed by atoms with E-state index in [9.17, 15) is 9.00 Å². The molecular formula is C16H20N2O2S2. The van der Waals surface area contributed by atoms with Crippen molar-refractivity contribution in [1.82, 2.24) is 10.3 Å². The van der Waals surface area contributed by atoms with E-state index in [-0.39, 0.29) is 11.9 Å². The Morgan fingerprint density at radius 1 is 1.41 bits per heavy atom. The summed E-state index contributed by atoms with van der Waals surface area (Å²) in [6.45, 7) is 5.88. The summed E-state index contributed by atoms with van der Waals surface area (Å²) in [6.07, 6.45) is 1.66. The highest BCUT2D eigenvalue weighted by atomic mass is 32.2. The topological polar surface area (TPSA) is 59.1 Å². The number of nitrogens with one attached hydrogen (secondary N) is 1. The predicted octanol–water partition coefficient (Wildman–Crippen LogP) is 3.13. The van der Waals surface area contributed by atoms with Gasteiger partial charge in [-0.3, -0.25) is 9.00 Å². The molecule has 22 heavy (non-hydrogen) atoms. The summed E-state index contributed by atoms with van der Waals surface area (Å²) in [4.78, 5) is 17.9. The van der Waals surface area contributed by atoms with E-state index in [4.69, 9.17) is 0 Å². The maximum atomic E-state index is 12.4. The van der Waals surface area contributed by atoms with Crippen LogP contribution in [0.15, 0.2) is 24.3 Å². The molecule has 0 aliphatic rings. The number of benzene rings is 1. The first-order valence-corrected chi connectivity index (χ1v) is 9.55. The highest BCUT2D eigenvalue weighted by molar-refractivity contribution is 7.83. The fourth-order valence-corrected chi connectivity index (χ4v) is 3.91. The molecule has 2 rings (SSSR count). The van der Waals surface area contributed by atoms with E-state index in [1.807, 2.05) is 32.9 Å². The quantitative estimate of drug-likeness (QED) is 0.912. The van der Waals surface area contributed by atoms with Crippen LogP contribution in [0.2, 0.25) is 0 Å². The van der Waals surface area contributed by atoms with E-state index in [1.165, 1.54) is 0 Å². The molecule has 1 aromatic heterocycles. The molecule has 0 aliphatic carbocycles. The minimum absolute atomic E-state index is 0.0809. The van der Waals surface area contributed by atoms with E-state index in [2.05, 4.69) is 10.3 Å². The molecule has 0 aliphatic heterocycles. The SMILES string of the molecule is Cc1nc(C)c([C@@H](C)NC(=O)c2cccc(C[S@](C)=O)c2)s1. The number of thiazole rings is 1. The second kappa shape index (κ2) is 7.15. The van der Waals surface area contributed by atoms with Crippen molar-refractivity contribution < 1.29 is 9.00 Å². The number of aryl methyl sites for hydroxylation is 2. The zero-order valence-corrected chi connectivity index (χ0v) is 14.8. The third kappa shape index (κ3) is 4.24. The molecule has 0 saturated carbocycles. The van der Waals surface area contributed by atoms with Crippen molar-refractivity contribution in [2.45, 2.75) is 32.6 Å². The van der Waals surface area contributed by atoms with E-state index in [1.54, 1.807) is 29.7 Å². The van der Waals surface area contributed by atoms with Crippen LogP contribution in [0.5, 0.6) is 0 Å². The van der Waals surface area contributed by atoms with Crippen LogP contribution in [0, 0.1) is 13.8 Å². The van der Waals surface area contributed by atoms with Crippen molar-refractivity contribution in [2.75, 3.05) is 6.26 Å². The van der Waals surface area contributed by atoms with Gasteiger partial charge in [-0.25, -0.2) is 4.98 Å². The normalized spacial score (nSPS) is 13.6. The Balaban J connectivity index is 2.11. The first kappa shape index (κ1) is 16.8. The molecule has 6 heteroatoms. The molecule has 0 unspecified atom stereocenters. The lowest BCUT2D eigenvalue weighted by Gasteiger charge is -2.13. The largest absolute Gasteiger partial charge is 0.345 e. The van der Waals surface area contributed by atoms with Gasteiger partial charge in [-0.2, -0.15) is 0 Å². The smallest absolute Gasteiger partial charge is 0.251 e. The monoisotopic (exact) mass is 336 g/mol. The van der Waals surface area contributed by atoms with Crippen LogP contribution in [0.25, 0.3) is 0 Å². The third-order valence-corrected chi connectivity index (χ3v) is 5.23. The van der Waals surface area contributed by atoms with Gasteiger partial charge < -0.3 is 5.32 Å². The molecule has 0 saturated heterocycles. The van der Waals surface area contributed by atoms with Crippen LogP contribution in [0.4, 0.5) is 0 Å². The average molecular weight is 336 g/mol. The molecule has 1 N–H and O–H groups in total. The first-order valence-electron chi connectivity index (χ1n) is 7.00. The van der Waals surface area contributed by atoms with Crippen molar-refractivity contribution in [3.63, 3.8) is 0 Å². The minimum atomic E-state index is -0.917. The molecule has 1 amide bonds. The van der Waals surface area contributed by atoms with Crippen molar-refractivity contribution >= 4 is 28.0 Å². The van der Waals surface area contributed by atoms with Crippen LogP contribution in [-0.4, -0.2) is 21.4 Å². The molecule has 118 valence electrons. The molecule has 2 aromatic rings. The van der Waals surface area contributed by atoms with Crippen molar-refractivity contribution in [3.8, 4) is 0 Å². The summed E-state index contributed by atoms with van der Waals surface area (Å²) in [5.41, 5.74) is 2.46. The maximum Gasteiger partial charge on any atom is 0.251 e. The summed E-state index contributed by atoms with van der Waals surface area (Å²) in [5.74, 6) is 0.339. The van der Waals surface area contributed by atoms with E-state index in [0.717, 1.165) is 21.1 Å². The molecular weight excluding hydrogens is 316 g/mol. The van der Waals surface area contributed by atoms with Crippen molar-refractivity contribution in [3.05, 3.63) is 51.0 Å². The number of amides is 1. The number of hydrogen-bond acceptors (Lipinski definition) is 4. The Labute approximate surface area is 137 Å². The van der Waals surface area contributed by atoms with Gasteiger partial charge >= 0.3 is 0 Å². The van der Waals surface area contributed by atoms with Crippen LogP contribution in [-0.2, 0) is 16.6 Å². The lowest BCUT2D eigenvalue weighted by Crippen LogP contribution is -2.26. The number of nitrogens with zero attached hydrogens (tertiary/aromatic N) is 1. The molecule has 0 fully saturated rings. The molecule has 4 nitrogen and oxygen atoms in total. The van der Waals surface area contributed by atoms with Gasteiger partial charge in [0.25, 0.3) is 5.91 Å². The second-order valence-electron chi connectivity index (χ2n) is 5.30. The summed E-state index contributed by atoms with van der Waals surface area (Å²) < 4.78 is 11.3. The fourth-order valence-electron chi connectivity index (χ4n) is 2.33. The van der Waals surface area contributed by atoms with E-state index < -0.39 is 10.8 Å². The Morgan fingerprint density at radius 2 is 2.14 bits per heavy atom. The number of rotatable bonds is 5. The zero-order valence-electron chi connectivity index (χ0n) is 13.2. The average Bonchev–Trinajstić information content (AvgIpc) is 2.77. The van der Waals surface area contributed by atoms with Crippen molar-refractivity contribution in [2.24, 2.45) is 0 Å². The Hall–Kier alpha value is -1.53. The lowest BCUT2D eigenvalue weighted by atomic mass is 10.1. The third-order valence-electron chi connectivity index (χ3n) is 3.24. The van der Waals surface area contributed by atoms with Gasteiger partial charge in [0.1, 0.15) is 0 Å². The molecule has 0 bridgehead atoms. The Bertz CT molecular complexity index is 710. The van der Waals surface area contributed by atoms with Crippen molar-refractivity contribution in [1.29, 1.82) is 0 Å². The summed E-state index contributed by atoms with van der Waals surface area (Å²) >= 11 is 1.61. The second-order valence-corrected chi connectivity index (χ2v) is 7.97. The van der Waals surface area contributed by atoms with Gasteiger partial charge in [0.15, 0.2) is 0 Å². The summed E-state index contributed by atoms with van der Waals surface area (Å²) in [6, 6.07) is 7.20. The number of hydrogen-bond donors (Lipinski definition) is 1. The summed E-state index contributed by atoms with van der Waals surface area (Å²) in [7, 11) is -0.917. The number of carbonyl (C=O) groups is 1.